The molecular weight excluding hydrogens is 244 g/mol. The summed E-state index contributed by atoms with van der Waals surface area (Å²) < 4.78 is 1.45. The lowest BCUT2D eigenvalue weighted by atomic mass is 10.1. The summed E-state index contributed by atoms with van der Waals surface area (Å²) in [5.41, 5.74) is 7.93. The maximum atomic E-state index is 11.1. The molecule has 0 bridgehead atoms. The fourth-order valence-corrected chi connectivity index (χ4v) is 2.00. The molecule has 0 saturated carbocycles. The third kappa shape index (κ3) is 2.16. The number of hydrogen-bond donors (Lipinski definition) is 1. The van der Waals surface area contributed by atoms with Crippen LogP contribution in [0.5, 0.6) is 0 Å². The summed E-state index contributed by atoms with van der Waals surface area (Å²) in [7, 11) is 0. The Kier molecular flexibility index (Phi) is 3.25. The molecule has 100 valence electrons. The Labute approximate surface area is 111 Å². The molecule has 0 fully saturated rings. The highest BCUT2D eigenvalue weighted by Crippen LogP contribution is 2.33. The molecular formula is C13H16N4O2. The monoisotopic (exact) mass is 260 g/mol. The Hall–Kier alpha value is -2.37. The highest BCUT2D eigenvalue weighted by molar-refractivity contribution is 5.61. The zero-order valence-corrected chi connectivity index (χ0v) is 11.1. The van der Waals surface area contributed by atoms with Gasteiger partial charge in [-0.15, -0.1) is 0 Å². The summed E-state index contributed by atoms with van der Waals surface area (Å²) in [6.45, 7) is 5.63. The van der Waals surface area contributed by atoms with E-state index in [0.29, 0.717) is 5.69 Å². The molecule has 1 aromatic carbocycles. The number of nitrogen functional groups attached to an aromatic ring is 1. The summed E-state index contributed by atoms with van der Waals surface area (Å²) >= 11 is 0. The minimum absolute atomic E-state index is 0.0621. The molecule has 6 nitrogen and oxygen atoms in total. The summed E-state index contributed by atoms with van der Waals surface area (Å²) in [5.74, 6) is 0.0102. The first-order chi connectivity index (χ1) is 8.93. The lowest BCUT2D eigenvalue weighted by Crippen LogP contribution is -2.04. The van der Waals surface area contributed by atoms with Gasteiger partial charge in [0.15, 0.2) is 0 Å². The lowest BCUT2D eigenvalue weighted by Gasteiger charge is -2.06. The molecule has 0 amide bonds. The first-order valence-electron chi connectivity index (χ1n) is 6.02. The third-order valence-electron chi connectivity index (χ3n) is 2.99. The molecule has 0 radical (unpaired) electrons. The number of para-hydroxylation sites is 1. The van der Waals surface area contributed by atoms with E-state index >= 15 is 0 Å². The van der Waals surface area contributed by atoms with Crippen LogP contribution in [0.25, 0.3) is 5.69 Å². The average molecular weight is 260 g/mol. The molecule has 0 saturated heterocycles. The number of nitrogens with two attached hydrogens (primary N) is 1. The van der Waals surface area contributed by atoms with Crippen LogP contribution in [0.2, 0.25) is 0 Å². The van der Waals surface area contributed by atoms with Crippen molar-refractivity contribution in [2.45, 2.75) is 26.7 Å². The van der Waals surface area contributed by atoms with Crippen molar-refractivity contribution in [2.75, 3.05) is 5.73 Å². The highest BCUT2D eigenvalue weighted by Gasteiger charge is 2.28. The second-order valence-corrected chi connectivity index (χ2v) is 4.73. The van der Waals surface area contributed by atoms with Crippen LogP contribution in [0.3, 0.4) is 0 Å². The van der Waals surface area contributed by atoms with E-state index in [4.69, 9.17) is 5.73 Å². The van der Waals surface area contributed by atoms with E-state index in [2.05, 4.69) is 5.10 Å². The molecule has 2 N–H and O–H groups in total. The van der Waals surface area contributed by atoms with Crippen LogP contribution in [-0.4, -0.2) is 14.7 Å². The first kappa shape index (κ1) is 13.1. The molecule has 0 aliphatic carbocycles. The first-order valence-corrected chi connectivity index (χ1v) is 6.02. The van der Waals surface area contributed by atoms with E-state index < -0.39 is 4.92 Å². The van der Waals surface area contributed by atoms with Crippen LogP contribution in [-0.2, 0) is 0 Å². The summed E-state index contributed by atoms with van der Waals surface area (Å²) in [4.78, 5) is 10.7. The Morgan fingerprint density at radius 3 is 2.47 bits per heavy atom. The minimum Gasteiger partial charge on any atom is -0.378 e. The second-order valence-electron chi connectivity index (χ2n) is 4.73. The van der Waals surface area contributed by atoms with Crippen molar-refractivity contribution < 1.29 is 4.92 Å². The van der Waals surface area contributed by atoms with Gasteiger partial charge in [0.25, 0.3) is 0 Å². The molecule has 6 heteroatoms. The Morgan fingerprint density at radius 1 is 1.37 bits per heavy atom. The Balaban J connectivity index is 2.70. The fraction of sp³-hybridized carbons (Fsp3) is 0.308. The fourth-order valence-electron chi connectivity index (χ4n) is 2.00. The van der Waals surface area contributed by atoms with Crippen molar-refractivity contribution in [1.29, 1.82) is 0 Å². The van der Waals surface area contributed by atoms with E-state index in [-0.39, 0.29) is 17.4 Å². The van der Waals surface area contributed by atoms with Crippen LogP contribution >= 0.6 is 0 Å². The molecule has 0 atom stereocenters. The van der Waals surface area contributed by atoms with E-state index in [1.165, 1.54) is 4.68 Å². The predicted octanol–water partition coefficient (Wildman–Crippen LogP) is 2.79. The molecule has 0 unspecified atom stereocenters. The molecule has 0 aliphatic rings. The highest BCUT2D eigenvalue weighted by atomic mass is 16.6. The van der Waals surface area contributed by atoms with Crippen molar-refractivity contribution in [3.63, 3.8) is 0 Å². The molecule has 1 heterocycles. The second kappa shape index (κ2) is 4.72. The van der Waals surface area contributed by atoms with Gasteiger partial charge in [-0.2, -0.15) is 5.10 Å². The van der Waals surface area contributed by atoms with Gasteiger partial charge in [-0.1, -0.05) is 32.0 Å². The van der Waals surface area contributed by atoms with Gasteiger partial charge in [-0.3, -0.25) is 10.1 Å². The predicted molar refractivity (Wildman–Crippen MR) is 73.5 cm³/mol. The van der Waals surface area contributed by atoms with Crippen molar-refractivity contribution >= 4 is 11.5 Å². The van der Waals surface area contributed by atoms with Crippen molar-refractivity contribution in [1.82, 2.24) is 9.78 Å². The number of benzene rings is 1. The number of aryl methyl sites for hydroxylation is 1. The molecule has 0 aliphatic heterocycles. The van der Waals surface area contributed by atoms with Gasteiger partial charge in [-0.25, -0.2) is 4.68 Å². The zero-order valence-electron chi connectivity index (χ0n) is 11.1. The van der Waals surface area contributed by atoms with Crippen molar-refractivity contribution in [3.05, 3.63) is 45.6 Å². The van der Waals surface area contributed by atoms with Gasteiger partial charge in [0.1, 0.15) is 5.69 Å². The van der Waals surface area contributed by atoms with E-state index in [0.717, 1.165) is 11.3 Å². The van der Waals surface area contributed by atoms with Gasteiger partial charge in [0, 0.05) is 5.92 Å². The largest absolute Gasteiger partial charge is 0.378 e. The van der Waals surface area contributed by atoms with Gasteiger partial charge in [0.05, 0.1) is 10.6 Å². The third-order valence-corrected chi connectivity index (χ3v) is 2.99. The summed E-state index contributed by atoms with van der Waals surface area (Å²) in [6, 6.07) is 7.50. The Morgan fingerprint density at radius 2 is 2.00 bits per heavy atom. The van der Waals surface area contributed by atoms with Crippen LogP contribution in [0.4, 0.5) is 11.5 Å². The van der Waals surface area contributed by atoms with Crippen molar-refractivity contribution in [2.24, 2.45) is 0 Å². The maximum Gasteiger partial charge on any atom is 0.334 e. The number of aromatic nitrogens is 2. The topological polar surface area (TPSA) is 87.0 Å². The standard InChI is InChI=1S/C13H16N4O2/c1-8(2)11-12(17(18)19)13(14)16(15-11)10-7-5-4-6-9(10)3/h4-8H,14H2,1-3H3. The molecule has 2 aromatic rings. The maximum absolute atomic E-state index is 11.1. The lowest BCUT2D eigenvalue weighted by molar-refractivity contribution is -0.384. The molecule has 1 aromatic heterocycles. The van der Waals surface area contributed by atoms with Gasteiger partial charge < -0.3 is 5.73 Å². The number of nitrogens with zero attached hydrogens (tertiary/aromatic N) is 3. The summed E-state index contributed by atoms with van der Waals surface area (Å²) in [6.07, 6.45) is 0. The van der Waals surface area contributed by atoms with Gasteiger partial charge >= 0.3 is 5.69 Å². The molecule has 0 spiro atoms. The van der Waals surface area contributed by atoms with Gasteiger partial charge in [0.2, 0.25) is 5.82 Å². The average Bonchev–Trinajstić information content (AvgIpc) is 2.68. The summed E-state index contributed by atoms with van der Waals surface area (Å²) in [5, 5.41) is 15.5. The zero-order chi connectivity index (χ0) is 14.2. The van der Waals surface area contributed by atoms with Crippen LogP contribution in [0.1, 0.15) is 31.0 Å². The van der Waals surface area contributed by atoms with E-state index in [1.807, 2.05) is 45.0 Å². The number of hydrogen-bond acceptors (Lipinski definition) is 4. The normalized spacial score (nSPS) is 10.9. The number of nitro groups is 1. The SMILES string of the molecule is Cc1ccccc1-n1nc(C(C)C)c([N+](=O)[O-])c1N. The van der Waals surface area contributed by atoms with Crippen molar-refractivity contribution in [3.8, 4) is 5.69 Å². The quantitative estimate of drug-likeness (QED) is 0.679. The van der Waals surface area contributed by atoms with Crippen LogP contribution in [0.15, 0.2) is 24.3 Å². The van der Waals surface area contributed by atoms with Crippen LogP contribution < -0.4 is 5.73 Å². The smallest absolute Gasteiger partial charge is 0.334 e. The number of rotatable bonds is 3. The number of anilines is 1. The molecule has 2 rings (SSSR count). The molecule has 19 heavy (non-hydrogen) atoms. The van der Waals surface area contributed by atoms with E-state index in [9.17, 15) is 10.1 Å². The van der Waals surface area contributed by atoms with E-state index in [1.54, 1.807) is 0 Å². The van der Waals surface area contributed by atoms with Crippen LogP contribution in [0, 0.1) is 17.0 Å². The Bertz CT molecular complexity index is 632. The minimum atomic E-state index is -0.466. The van der Waals surface area contributed by atoms with Gasteiger partial charge in [-0.05, 0) is 18.6 Å².